The lowest BCUT2D eigenvalue weighted by molar-refractivity contribution is 1.18. The summed E-state index contributed by atoms with van der Waals surface area (Å²) in [6, 6.07) is 0. The second-order valence-corrected chi connectivity index (χ2v) is 2.49. The molecular formula is C7H9ClN4. The van der Waals surface area contributed by atoms with E-state index in [0.29, 0.717) is 18.1 Å². The fraction of sp³-hybridized carbons (Fsp3) is 0.143. The lowest BCUT2D eigenvalue weighted by Gasteiger charge is -1.97. The Morgan fingerprint density at radius 1 is 1.58 bits per heavy atom. The molecule has 0 saturated heterocycles. The van der Waals surface area contributed by atoms with Crippen molar-refractivity contribution in [2.45, 2.75) is 0 Å². The minimum absolute atomic E-state index is 0.289. The van der Waals surface area contributed by atoms with Crippen LogP contribution in [0.2, 0.25) is 5.15 Å². The van der Waals surface area contributed by atoms with Crippen LogP contribution in [-0.4, -0.2) is 16.5 Å². The summed E-state index contributed by atoms with van der Waals surface area (Å²) >= 11 is 5.55. The van der Waals surface area contributed by atoms with Crippen LogP contribution in [-0.2, 0) is 0 Å². The monoisotopic (exact) mass is 184 g/mol. The van der Waals surface area contributed by atoms with Crippen molar-refractivity contribution in [2.75, 3.05) is 12.3 Å². The number of halogens is 1. The number of hydrogen-bond donors (Lipinski definition) is 2. The van der Waals surface area contributed by atoms with Gasteiger partial charge in [-0.15, -0.1) is 0 Å². The van der Waals surface area contributed by atoms with E-state index in [4.69, 9.17) is 23.1 Å². The molecule has 4 N–H and O–H groups in total. The standard InChI is InChI=1S/C7H9ClN4/c8-6-4-11-5(2-1-3-9)7(10)12-6/h1-2,4H,3,9H2,(H2,10,12). The van der Waals surface area contributed by atoms with Crippen molar-refractivity contribution in [1.29, 1.82) is 0 Å². The highest BCUT2D eigenvalue weighted by Crippen LogP contribution is 2.10. The molecule has 1 aromatic rings. The highest BCUT2D eigenvalue weighted by molar-refractivity contribution is 6.29. The lowest BCUT2D eigenvalue weighted by Crippen LogP contribution is -1.98. The summed E-state index contributed by atoms with van der Waals surface area (Å²) in [7, 11) is 0. The number of nitrogens with two attached hydrogens (primary N) is 2. The summed E-state index contributed by atoms with van der Waals surface area (Å²) in [5, 5.41) is 0.289. The molecule has 1 aromatic heterocycles. The zero-order valence-electron chi connectivity index (χ0n) is 6.37. The minimum Gasteiger partial charge on any atom is -0.382 e. The second kappa shape index (κ2) is 4.04. The van der Waals surface area contributed by atoms with Gasteiger partial charge in [0.05, 0.1) is 6.20 Å². The van der Waals surface area contributed by atoms with E-state index in [1.54, 1.807) is 12.2 Å². The summed E-state index contributed by atoms with van der Waals surface area (Å²) in [4.78, 5) is 7.77. The molecule has 1 heterocycles. The molecule has 0 bridgehead atoms. The van der Waals surface area contributed by atoms with Crippen molar-refractivity contribution >= 4 is 23.5 Å². The number of hydrogen-bond acceptors (Lipinski definition) is 4. The third-order valence-corrected chi connectivity index (χ3v) is 1.39. The quantitative estimate of drug-likeness (QED) is 0.709. The van der Waals surface area contributed by atoms with Crippen molar-refractivity contribution < 1.29 is 0 Å². The van der Waals surface area contributed by atoms with Gasteiger partial charge in [0.2, 0.25) is 0 Å². The Labute approximate surface area is 75.3 Å². The summed E-state index contributed by atoms with van der Waals surface area (Å²) in [5.41, 5.74) is 11.4. The molecule has 0 fully saturated rings. The SMILES string of the molecule is NCC=Cc1ncc(Cl)nc1N. The summed E-state index contributed by atoms with van der Waals surface area (Å²) < 4.78 is 0. The Morgan fingerprint density at radius 2 is 2.33 bits per heavy atom. The maximum Gasteiger partial charge on any atom is 0.151 e. The van der Waals surface area contributed by atoms with Gasteiger partial charge in [-0.1, -0.05) is 17.7 Å². The van der Waals surface area contributed by atoms with E-state index in [1.165, 1.54) is 6.20 Å². The molecule has 0 saturated carbocycles. The van der Waals surface area contributed by atoms with Gasteiger partial charge in [-0.3, -0.25) is 0 Å². The summed E-state index contributed by atoms with van der Waals surface area (Å²) in [5.74, 6) is 0.312. The summed E-state index contributed by atoms with van der Waals surface area (Å²) in [6.45, 7) is 0.448. The van der Waals surface area contributed by atoms with Crippen LogP contribution in [0.3, 0.4) is 0 Å². The first-order chi connectivity index (χ1) is 5.74. The molecule has 12 heavy (non-hydrogen) atoms. The third kappa shape index (κ3) is 2.18. The number of nitrogens with zero attached hydrogens (tertiary/aromatic N) is 2. The van der Waals surface area contributed by atoms with Crippen LogP contribution in [0, 0.1) is 0 Å². The predicted octanol–water partition coefficient (Wildman–Crippen LogP) is 0.684. The molecular weight excluding hydrogens is 176 g/mol. The molecule has 0 aliphatic heterocycles. The average Bonchev–Trinajstić information content (AvgIpc) is 2.03. The van der Waals surface area contributed by atoms with Crippen LogP contribution < -0.4 is 11.5 Å². The van der Waals surface area contributed by atoms with Gasteiger partial charge in [0, 0.05) is 6.54 Å². The molecule has 0 aliphatic rings. The van der Waals surface area contributed by atoms with E-state index < -0.39 is 0 Å². The van der Waals surface area contributed by atoms with Gasteiger partial charge >= 0.3 is 0 Å². The Hall–Kier alpha value is -1.13. The topological polar surface area (TPSA) is 77.8 Å². The number of anilines is 1. The molecule has 5 heteroatoms. The molecule has 0 amide bonds. The van der Waals surface area contributed by atoms with Gasteiger partial charge in [0.25, 0.3) is 0 Å². The maximum atomic E-state index is 5.55. The molecule has 0 aliphatic carbocycles. The fourth-order valence-corrected chi connectivity index (χ4v) is 0.838. The van der Waals surface area contributed by atoms with Crippen LogP contribution in [0.5, 0.6) is 0 Å². The Morgan fingerprint density at radius 3 is 2.92 bits per heavy atom. The smallest absolute Gasteiger partial charge is 0.151 e. The molecule has 0 radical (unpaired) electrons. The molecule has 1 rings (SSSR count). The molecule has 4 nitrogen and oxygen atoms in total. The maximum absolute atomic E-state index is 5.55. The molecule has 0 aromatic carbocycles. The van der Waals surface area contributed by atoms with E-state index in [1.807, 2.05) is 0 Å². The van der Waals surface area contributed by atoms with Crippen LogP contribution in [0.15, 0.2) is 12.3 Å². The van der Waals surface area contributed by atoms with E-state index in [9.17, 15) is 0 Å². The number of aromatic nitrogens is 2. The normalized spacial score (nSPS) is 10.8. The average molecular weight is 185 g/mol. The minimum atomic E-state index is 0.289. The lowest BCUT2D eigenvalue weighted by atomic mass is 10.3. The molecule has 0 unspecified atom stereocenters. The highest BCUT2D eigenvalue weighted by Gasteiger charge is 1.97. The number of rotatable bonds is 2. The first-order valence-electron chi connectivity index (χ1n) is 3.38. The third-order valence-electron chi connectivity index (χ3n) is 1.21. The zero-order chi connectivity index (χ0) is 8.97. The van der Waals surface area contributed by atoms with Crippen LogP contribution in [0.1, 0.15) is 5.69 Å². The van der Waals surface area contributed by atoms with Gasteiger partial charge in [-0.25, -0.2) is 9.97 Å². The van der Waals surface area contributed by atoms with Crippen molar-refractivity contribution in [3.8, 4) is 0 Å². The van der Waals surface area contributed by atoms with E-state index in [2.05, 4.69) is 9.97 Å². The van der Waals surface area contributed by atoms with Crippen molar-refractivity contribution in [1.82, 2.24) is 9.97 Å². The number of nitrogen functional groups attached to an aromatic ring is 1. The van der Waals surface area contributed by atoms with Crippen molar-refractivity contribution in [3.63, 3.8) is 0 Å². The first kappa shape index (κ1) is 8.96. The molecule has 0 atom stereocenters. The fourth-order valence-electron chi connectivity index (χ4n) is 0.698. The van der Waals surface area contributed by atoms with E-state index >= 15 is 0 Å². The molecule has 64 valence electrons. The van der Waals surface area contributed by atoms with E-state index in [-0.39, 0.29) is 5.15 Å². The van der Waals surface area contributed by atoms with Gasteiger partial charge in [0.15, 0.2) is 5.82 Å². The Balaban J connectivity index is 2.94. The van der Waals surface area contributed by atoms with Crippen molar-refractivity contribution in [2.24, 2.45) is 5.73 Å². The van der Waals surface area contributed by atoms with E-state index in [0.717, 1.165) is 0 Å². The molecule has 0 spiro atoms. The highest BCUT2D eigenvalue weighted by atomic mass is 35.5. The predicted molar refractivity (Wildman–Crippen MR) is 49.5 cm³/mol. The summed E-state index contributed by atoms with van der Waals surface area (Å²) in [6.07, 6.45) is 4.89. The largest absolute Gasteiger partial charge is 0.382 e. The van der Waals surface area contributed by atoms with Gasteiger partial charge < -0.3 is 11.5 Å². The van der Waals surface area contributed by atoms with Gasteiger partial charge in [-0.2, -0.15) is 0 Å². The van der Waals surface area contributed by atoms with Crippen LogP contribution in [0.25, 0.3) is 6.08 Å². The van der Waals surface area contributed by atoms with Crippen LogP contribution in [0.4, 0.5) is 5.82 Å². The van der Waals surface area contributed by atoms with Crippen molar-refractivity contribution in [3.05, 3.63) is 23.1 Å². The Bertz CT molecular complexity index is 297. The second-order valence-electron chi connectivity index (χ2n) is 2.10. The van der Waals surface area contributed by atoms with Gasteiger partial charge in [0.1, 0.15) is 10.8 Å². The first-order valence-corrected chi connectivity index (χ1v) is 3.76. The zero-order valence-corrected chi connectivity index (χ0v) is 7.12. The van der Waals surface area contributed by atoms with Gasteiger partial charge in [-0.05, 0) is 6.08 Å². The Kier molecular flexibility index (Phi) is 3.01. The van der Waals surface area contributed by atoms with Crippen LogP contribution >= 0.6 is 11.6 Å².